The van der Waals surface area contributed by atoms with Crippen molar-refractivity contribution in [3.8, 4) is 22.7 Å². The van der Waals surface area contributed by atoms with Gasteiger partial charge in [-0.15, -0.1) is 5.10 Å². The summed E-state index contributed by atoms with van der Waals surface area (Å²) in [5, 5.41) is 8.78. The minimum Gasteiger partial charge on any atom is -0.497 e. The topological polar surface area (TPSA) is 90.9 Å². The van der Waals surface area contributed by atoms with Crippen molar-refractivity contribution in [3.05, 3.63) is 54.6 Å². The van der Waals surface area contributed by atoms with E-state index in [2.05, 4.69) is 15.4 Å². The first-order valence-electron chi connectivity index (χ1n) is 9.73. The molecule has 0 atom stereocenters. The normalized spacial score (nSPS) is 13.6. The van der Waals surface area contributed by atoms with Crippen LogP contribution in [-0.2, 0) is 0 Å². The maximum Gasteiger partial charge on any atom is 0.225 e. The monoisotopic (exact) mass is 386 g/mol. The molecule has 0 unspecified atom stereocenters. The van der Waals surface area contributed by atoms with E-state index in [1.54, 1.807) is 11.8 Å². The second kappa shape index (κ2) is 7.09. The summed E-state index contributed by atoms with van der Waals surface area (Å²) in [4.78, 5) is 9.45. The molecule has 2 aromatic heterocycles. The number of methoxy groups -OCH3 is 1. The summed E-state index contributed by atoms with van der Waals surface area (Å²) in [6.45, 7) is 0.873. The molecule has 0 radical (unpaired) electrons. The first-order valence-corrected chi connectivity index (χ1v) is 9.73. The van der Waals surface area contributed by atoms with Gasteiger partial charge in [0, 0.05) is 12.1 Å². The van der Waals surface area contributed by atoms with E-state index in [1.807, 2.05) is 54.6 Å². The smallest absolute Gasteiger partial charge is 0.225 e. The van der Waals surface area contributed by atoms with Crippen LogP contribution in [0.3, 0.4) is 0 Å². The molecule has 2 aromatic carbocycles. The minimum absolute atomic E-state index is 0.512. The van der Waals surface area contributed by atoms with Crippen molar-refractivity contribution in [1.82, 2.24) is 19.7 Å². The van der Waals surface area contributed by atoms with E-state index in [9.17, 15) is 0 Å². The molecule has 0 spiro atoms. The van der Waals surface area contributed by atoms with E-state index in [0.29, 0.717) is 23.3 Å². The lowest BCUT2D eigenvalue weighted by Crippen LogP contribution is -2.07. The van der Waals surface area contributed by atoms with E-state index in [0.717, 1.165) is 34.6 Å². The van der Waals surface area contributed by atoms with Crippen molar-refractivity contribution in [2.75, 3.05) is 24.7 Å². The van der Waals surface area contributed by atoms with Crippen LogP contribution in [0.2, 0.25) is 0 Å². The number of nitrogens with one attached hydrogen (secondary N) is 1. The third kappa shape index (κ3) is 3.35. The van der Waals surface area contributed by atoms with Crippen molar-refractivity contribution in [2.45, 2.75) is 12.8 Å². The highest BCUT2D eigenvalue weighted by Crippen LogP contribution is 2.34. The molecule has 29 heavy (non-hydrogen) atoms. The fourth-order valence-corrected chi connectivity index (χ4v) is 3.39. The van der Waals surface area contributed by atoms with E-state index < -0.39 is 0 Å². The Kier molecular flexibility index (Phi) is 4.27. The minimum atomic E-state index is 0.512. The Morgan fingerprint density at radius 1 is 1.10 bits per heavy atom. The molecule has 1 saturated carbocycles. The number of hydrogen-bond acceptors (Lipinski definition) is 6. The molecular weight excluding hydrogens is 364 g/mol. The third-order valence-corrected chi connectivity index (χ3v) is 5.16. The molecule has 1 fully saturated rings. The van der Waals surface area contributed by atoms with Crippen LogP contribution in [-0.4, -0.2) is 33.4 Å². The number of nitrogens with zero attached hydrogens (tertiary/aromatic N) is 4. The van der Waals surface area contributed by atoms with Crippen molar-refractivity contribution >= 4 is 22.8 Å². The summed E-state index contributed by atoms with van der Waals surface area (Å²) >= 11 is 0. The van der Waals surface area contributed by atoms with Gasteiger partial charge in [-0.3, -0.25) is 0 Å². The van der Waals surface area contributed by atoms with Gasteiger partial charge in [-0.25, -0.2) is 9.67 Å². The molecule has 1 aliphatic carbocycles. The second-order valence-corrected chi connectivity index (χ2v) is 7.28. The fraction of sp³-hybridized carbons (Fsp3) is 0.227. The highest BCUT2D eigenvalue weighted by molar-refractivity contribution is 5.99. The van der Waals surface area contributed by atoms with Crippen LogP contribution >= 0.6 is 0 Å². The van der Waals surface area contributed by atoms with Crippen LogP contribution < -0.4 is 15.8 Å². The van der Waals surface area contributed by atoms with Crippen molar-refractivity contribution < 1.29 is 4.74 Å². The van der Waals surface area contributed by atoms with Crippen molar-refractivity contribution in [3.63, 3.8) is 0 Å². The number of nitrogen functional groups attached to an aromatic ring is 1. The Balaban J connectivity index is 1.70. The first-order chi connectivity index (χ1) is 14.2. The first kappa shape index (κ1) is 17.5. The van der Waals surface area contributed by atoms with Crippen LogP contribution in [0.1, 0.15) is 12.8 Å². The van der Waals surface area contributed by atoms with Crippen LogP contribution in [0.15, 0.2) is 54.6 Å². The Bertz CT molecular complexity index is 1170. The van der Waals surface area contributed by atoms with Crippen molar-refractivity contribution in [2.24, 2.45) is 5.92 Å². The molecule has 5 rings (SSSR count). The molecule has 1 aliphatic rings. The van der Waals surface area contributed by atoms with Gasteiger partial charge in [0.1, 0.15) is 11.6 Å². The summed E-state index contributed by atoms with van der Waals surface area (Å²) in [7, 11) is 1.65. The Hall–Kier alpha value is -3.61. The summed E-state index contributed by atoms with van der Waals surface area (Å²) < 4.78 is 7.12. The van der Waals surface area contributed by atoms with Gasteiger partial charge in [0.25, 0.3) is 0 Å². The predicted molar refractivity (Wildman–Crippen MR) is 114 cm³/mol. The van der Waals surface area contributed by atoms with E-state index >= 15 is 0 Å². The van der Waals surface area contributed by atoms with Gasteiger partial charge in [-0.1, -0.05) is 30.3 Å². The average molecular weight is 386 g/mol. The highest BCUT2D eigenvalue weighted by Gasteiger charge is 2.23. The molecule has 2 heterocycles. The standard InChI is InChI=1S/C22H22N6O/c1-29-17-9-5-6-15(12-17)19-18-20(23)28(16-7-3-2-4-8-16)27-21(18)26-22(25-19)24-13-14-10-11-14/h2-9,12,14H,10-11,13,23H2,1H3,(H,24,26,27). The largest absolute Gasteiger partial charge is 0.497 e. The molecule has 4 aromatic rings. The Morgan fingerprint density at radius 3 is 2.69 bits per heavy atom. The van der Waals surface area contributed by atoms with E-state index in [-0.39, 0.29) is 0 Å². The maximum absolute atomic E-state index is 6.53. The summed E-state index contributed by atoms with van der Waals surface area (Å²) in [6, 6.07) is 17.6. The zero-order valence-corrected chi connectivity index (χ0v) is 16.2. The van der Waals surface area contributed by atoms with Crippen LogP contribution in [0.25, 0.3) is 28.0 Å². The lowest BCUT2D eigenvalue weighted by molar-refractivity contribution is 0.415. The zero-order chi connectivity index (χ0) is 19.8. The molecule has 3 N–H and O–H groups in total. The average Bonchev–Trinajstić information content (AvgIpc) is 3.54. The van der Waals surface area contributed by atoms with E-state index in [4.69, 9.17) is 15.5 Å². The van der Waals surface area contributed by atoms with Gasteiger partial charge in [0.05, 0.1) is 23.9 Å². The lowest BCUT2D eigenvalue weighted by Gasteiger charge is -2.09. The van der Waals surface area contributed by atoms with Gasteiger partial charge < -0.3 is 15.8 Å². The second-order valence-electron chi connectivity index (χ2n) is 7.28. The van der Waals surface area contributed by atoms with Gasteiger partial charge in [0.2, 0.25) is 5.95 Å². The lowest BCUT2D eigenvalue weighted by atomic mass is 10.1. The number of benzene rings is 2. The Morgan fingerprint density at radius 2 is 1.93 bits per heavy atom. The van der Waals surface area contributed by atoms with Gasteiger partial charge >= 0.3 is 0 Å². The number of anilines is 2. The molecule has 0 saturated heterocycles. The number of rotatable bonds is 6. The fourth-order valence-electron chi connectivity index (χ4n) is 3.39. The number of ether oxygens (including phenoxy) is 1. The number of hydrogen-bond donors (Lipinski definition) is 2. The molecule has 146 valence electrons. The molecule has 0 bridgehead atoms. The molecule has 0 aliphatic heterocycles. The van der Waals surface area contributed by atoms with Crippen molar-refractivity contribution in [1.29, 1.82) is 0 Å². The Labute approximate surface area is 168 Å². The summed E-state index contributed by atoms with van der Waals surface area (Å²) in [5.74, 6) is 2.55. The highest BCUT2D eigenvalue weighted by atomic mass is 16.5. The number of fused-ring (bicyclic) bond motifs is 1. The molecule has 7 nitrogen and oxygen atoms in total. The van der Waals surface area contributed by atoms with E-state index in [1.165, 1.54) is 12.8 Å². The molecular formula is C22H22N6O. The number of para-hydroxylation sites is 1. The molecule has 7 heteroatoms. The van der Waals surface area contributed by atoms with Gasteiger partial charge in [-0.05, 0) is 43.0 Å². The summed E-state index contributed by atoms with van der Waals surface area (Å²) in [5.41, 5.74) is 9.63. The number of nitrogens with two attached hydrogens (primary N) is 1. The predicted octanol–water partition coefficient (Wildman–Crippen LogP) is 3.90. The zero-order valence-electron chi connectivity index (χ0n) is 16.2. The number of aromatic nitrogens is 4. The maximum atomic E-state index is 6.53. The quantitative estimate of drug-likeness (QED) is 0.522. The van der Waals surface area contributed by atoms with Crippen LogP contribution in [0.5, 0.6) is 5.75 Å². The van der Waals surface area contributed by atoms with Gasteiger partial charge in [0.15, 0.2) is 5.65 Å². The van der Waals surface area contributed by atoms with Crippen LogP contribution in [0, 0.1) is 5.92 Å². The third-order valence-electron chi connectivity index (χ3n) is 5.16. The SMILES string of the molecule is COc1cccc(-c2nc(NCC3CC3)nc3nn(-c4ccccc4)c(N)c23)c1. The molecule has 0 amide bonds. The van der Waals surface area contributed by atoms with Gasteiger partial charge in [-0.2, -0.15) is 4.98 Å². The summed E-state index contributed by atoms with van der Waals surface area (Å²) in [6.07, 6.45) is 2.52. The van der Waals surface area contributed by atoms with Crippen LogP contribution in [0.4, 0.5) is 11.8 Å².